The van der Waals surface area contributed by atoms with Crippen LogP contribution in [0, 0.1) is 19.3 Å². The average molecular weight is 247 g/mol. The zero-order valence-corrected chi connectivity index (χ0v) is 12.0. The van der Waals surface area contributed by atoms with Crippen LogP contribution < -0.4 is 10.5 Å². The second-order valence-electron chi connectivity index (χ2n) is 5.61. The topological polar surface area (TPSA) is 35.2 Å². The second-order valence-corrected chi connectivity index (χ2v) is 5.61. The van der Waals surface area contributed by atoms with Crippen LogP contribution in [0.5, 0.6) is 5.75 Å². The molecule has 1 aliphatic rings. The molecule has 1 aromatic carbocycles. The number of hydrogen-bond acceptors (Lipinski definition) is 2. The van der Waals surface area contributed by atoms with Crippen LogP contribution in [-0.4, -0.2) is 12.1 Å². The van der Waals surface area contributed by atoms with Gasteiger partial charge in [0.15, 0.2) is 0 Å². The van der Waals surface area contributed by atoms with E-state index in [-0.39, 0.29) is 11.5 Å². The fraction of sp³-hybridized carbons (Fsp3) is 0.625. The highest BCUT2D eigenvalue weighted by molar-refractivity contribution is 5.40. The summed E-state index contributed by atoms with van der Waals surface area (Å²) in [4.78, 5) is 0. The summed E-state index contributed by atoms with van der Waals surface area (Å²) in [6.45, 7) is 8.67. The minimum absolute atomic E-state index is 0.175. The van der Waals surface area contributed by atoms with Crippen molar-refractivity contribution in [1.82, 2.24) is 0 Å². The van der Waals surface area contributed by atoms with Crippen molar-refractivity contribution < 1.29 is 4.74 Å². The predicted molar refractivity (Wildman–Crippen MR) is 75.9 cm³/mol. The molecule has 2 nitrogen and oxygen atoms in total. The maximum atomic E-state index is 6.30. The summed E-state index contributed by atoms with van der Waals surface area (Å²) in [6.07, 6.45) is 3.46. The van der Waals surface area contributed by atoms with Crippen LogP contribution in [0.3, 0.4) is 0 Å². The normalized spacial score (nSPS) is 25.6. The molecular formula is C16H25NO. The highest BCUT2D eigenvalue weighted by Gasteiger charge is 2.52. The SMILES string of the molecule is CCC1(CC)C(N)CC1Oc1c(C)cccc1C. The summed E-state index contributed by atoms with van der Waals surface area (Å²) < 4.78 is 6.30. The molecule has 0 aromatic heterocycles. The van der Waals surface area contributed by atoms with Crippen LogP contribution in [0.25, 0.3) is 0 Å². The third kappa shape index (κ3) is 1.93. The van der Waals surface area contributed by atoms with Crippen LogP contribution in [0.15, 0.2) is 18.2 Å². The van der Waals surface area contributed by atoms with Crippen molar-refractivity contribution >= 4 is 0 Å². The summed E-state index contributed by atoms with van der Waals surface area (Å²) in [5.41, 5.74) is 8.83. The lowest BCUT2D eigenvalue weighted by Gasteiger charge is -2.53. The predicted octanol–water partition coefficient (Wildman–Crippen LogP) is 3.59. The Morgan fingerprint density at radius 3 is 2.22 bits per heavy atom. The molecule has 0 amide bonds. The zero-order chi connectivity index (χ0) is 13.3. The van der Waals surface area contributed by atoms with Gasteiger partial charge in [-0.25, -0.2) is 0 Å². The molecule has 1 aromatic rings. The fourth-order valence-corrected chi connectivity index (χ4v) is 3.30. The van der Waals surface area contributed by atoms with E-state index < -0.39 is 0 Å². The third-order valence-corrected chi connectivity index (χ3v) is 4.83. The van der Waals surface area contributed by atoms with E-state index in [0.717, 1.165) is 25.0 Å². The monoisotopic (exact) mass is 247 g/mol. The quantitative estimate of drug-likeness (QED) is 0.882. The third-order valence-electron chi connectivity index (χ3n) is 4.83. The van der Waals surface area contributed by atoms with Crippen molar-refractivity contribution in [3.8, 4) is 5.75 Å². The molecule has 0 heterocycles. The number of rotatable bonds is 4. The van der Waals surface area contributed by atoms with E-state index in [0.29, 0.717) is 6.04 Å². The Morgan fingerprint density at radius 2 is 1.78 bits per heavy atom. The molecule has 1 aliphatic carbocycles. The van der Waals surface area contributed by atoms with Crippen molar-refractivity contribution in [2.24, 2.45) is 11.1 Å². The van der Waals surface area contributed by atoms with Crippen molar-refractivity contribution in [1.29, 1.82) is 0 Å². The van der Waals surface area contributed by atoms with Gasteiger partial charge in [0.05, 0.1) is 0 Å². The minimum atomic E-state index is 0.175. The Hall–Kier alpha value is -1.02. The Morgan fingerprint density at radius 1 is 1.22 bits per heavy atom. The number of benzene rings is 1. The van der Waals surface area contributed by atoms with Gasteiger partial charge in [0, 0.05) is 17.9 Å². The van der Waals surface area contributed by atoms with E-state index in [2.05, 4.69) is 45.9 Å². The number of ether oxygens (including phenoxy) is 1. The number of aryl methyl sites for hydroxylation is 2. The van der Waals surface area contributed by atoms with Gasteiger partial charge in [-0.15, -0.1) is 0 Å². The Labute approximate surface area is 111 Å². The average Bonchev–Trinajstić information content (AvgIpc) is 2.34. The Bertz CT molecular complexity index is 403. The van der Waals surface area contributed by atoms with Crippen molar-refractivity contribution in [2.45, 2.75) is 59.1 Å². The molecule has 0 aliphatic heterocycles. The Balaban J connectivity index is 2.20. The van der Waals surface area contributed by atoms with Crippen molar-refractivity contribution in [3.05, 3.63) is 29.3 Å². The van der Waals surface area contributed by atoms with E-state index in [1.54, 1.807) is 0 Å². The van der Waals surface area contributed by atoms with Gasteiger partial charge in [-0.3, -0.25) is 0 Å². The largest absolute Gasteiger partial charge is 0.489 e. The van der Waals surface area contributed by atoms with Crippen molar-refractivity contribution in [2.75, 3.05) is 0 Å². The van der Waals surface area contributed by atoms with Gasteiger partial charge in [0.25, 0.3) is 0 Å². The summed E-state index contributed by atoms with van der Waals surface area (Å²) in [7, 11) is 0. The molecule has 1 saturated carbocycles. The van der Waals surface area contributed by atoms with Crippen LogP contribution in [0.2, 0.25) is 0 Å². The van der Waals surface area contributed by atoms with Gasteiger partial charge in [-0.05, 0) is 37.8 Å². The van der Waals surface area contributed by atoms with Crippen molar-refractivity contribution in [3.63, 3.8) is 0 Å². The molecule has 2 atom stereocenters. The molecule has 2 rings (SSSR count). The first-order valence-corrected chi connectivity index (χ1v) is 7.03. The molecule has 100 valence electrons. The van der Waals surface area contributed by atoms with Gasteiger partial charge >= 0.3 is 0 Å². The lowest BCUT2D eigenvalue weighted by Crippen LogP contribution is -2.63. The molecule has 0 saturated heterocycles. The number of nitrogens with two attached hydrogens (primary N) is 1. The van der Waals surface area contributed by atoms with Gasteiger partial charge in [0.2, 0.25) is 0 Å². The van der Waals surface area contributed by atoms with E-state index in [1.165, 1.54) is 11.1 Å². The molecule has 0 radical (unpaired) electrons. The van der Waals surface area contributed by atoms with Gasteiger partial charge in [-0.1, -0.05) is 32.0 Å². The summed E-state index contributed by atoms with van der Waals surface area (Å²) in [5, 5.41) is 0. The molecule has 2 heteroatoms. The van der Waals surface area contributed by atoms with E-state index in [4.69, 9.17) is 10.5 Å². The van der Waals surface area contributed by atoms with Crippen LogP contribution >= 0.6 is 0 Å². The molecular weight excluding hydrogens is 222 g/mol. The fourth-order valence-electron chi connectivity index (χ4n) is 3.30. The van der Waals surface area contributed by atoms with Gasteiger partial charge in [0.1, 0.15) is 11.9 Å². The summed E-state index contributed by atoms with van der Waals surface area (Å²) in [6, 6.07) is 6.60. The lowest BCUT2D eigenvalue weighted by molar-refractivity contribution is -0.0728. The highest BCUT2D eigenvalue weighted by atomic mass is 16.5. The van der Waals surface area contributed by atoms with E-state index in [9.17, 15) is 0 Å². The maximum absolute atomic E-state index is 6.30. The molecule has 2 N–H and O–H groups in total. The van der Waals surface area contributed by atoms with Crippen LogP contribution in [-0.2, 0) is 0 Å². The minimum Gasteiger partial charge on any atom is -0.489 e. The number of hydrogen-bond donors (Lipinski definition) is 1. The molecule has 0 bridgehead atoms. The lowest BCUT2D eigenvalue weighted by atomic mass is 9.59. The van der Waals surface area contributed by atoms with Gasteiger partial charge in [-0.2, -0.15) is 0 Å². The van der Waals surface area contributed by atoms with Gasteiger partial charge < -0.3 is 10.5 Å². The maximum Gasteiger partial charge on any atom is 0.125 e. The molecule has 0 spiro atoms. The van der Waals surface area contributed by atoms with E-state index in [1.807, 2.05) is 0 Å². The standard InChI is InChI=1S/C16H25NO/c1-5-16(6-2)13(17)10-14(16)18-15-11(3)8-7-9-12(15)4/h7-9,13-14H,5-6,10,17H2,1-4H3. The molecule has 18 heavy (non-hydrogen) atoms. The summed E-state index contributed by atoms with van der Waals surface area (Å²) in [5.74, 6) is 1.06. The second kappa shape index (κ2) is 4.93. The summed E-state index contributed by atoms with van der Waals surface area (Å²) >= 11 is 0. The first kappa shape index (κ1) is 13.4. The number of para-hydroxylation sites is 1. The molecule has 2 unspecified atom stereocenters. The molecule has 1 fully saturated rings. The smallest absolute Gasteiger partial charge is 0.125 e. The first-order valence-electron chi connectivity index (χ1n) is 7.03. The van der Waals surface area contributed by atoms with E-state index >= 15 is 0 Å². The van der Waals surface area contributed by atoms with Crippen LogP contribution in [0.1, 0.15) is 44.2 Å². The zero-order valence-electron chi connectivity index (χ0n) is 12.0. The first-order chi connectivity index (χ1) is 8.55. The van der Waals surface area contributed by atoms with Crippen LogP contribution in [0.4, 0.5) is 0 Å². The Kier molecular flexibility index (Phi) is 3.67. The highest BCUT2D eigenvalue weighted by Crippen LogP contribution is 2.48.